The zero-order chi connectivity index (χ0) is 17.0. The number of benzene rings is 1. The van der Waals surface area contributed by atoms with Gasteiger partial charge in [0.05, 0.1) is 17.3 Å². The predicted octanol–water partition coefficient (Wildman–Crippen LogP) is 5.25. The molecule has 1 saturated carbocycles. The molecule has 128 valence electrons. The maximum absolute atomic E-state index is 9.45. The van der Waals surface area contributed by atoms with Gasteiger partial charge in [-0.05, 0) is 30.5 Å². The smallest absolute Gasteiger partial charge is 0.138 e. The van der Waals surface area contributed by atoms with Crippen molar-refractivity contribution in [1.29, 1.82) is 0 Å². The van der Waals surface area contributed by atoms with Gasteiger partial charge in [-0.3, -0.25) is 0 Å². The van der Waals surface area contributed by atoms with Gasteiger partial charge >= 0.3 is 0 Å². The first-order chi connectivity index (χ1) is 10.9. The van der Waals surface area contributed by atoms with E-state index in [1.54, 1.807) is 7.11 Å². The molecule has 0 spiro atoms. The van der Waals surface area contributed by atoms with Crippen molar-refractivity contribution in [2.75, 3.05) is 20.3 Å². The molecule has 0 unspecified atom stereocenters. The SMILES string of the molecule is COCCCOc1cc([C@@H]2CCC(C)(C)C2=NO)c(Br)cc1Cl. The van der Waals surface area contributed by atoms with Gasteiger partial charge in [0.25, 0.3) is 0 Å². The average Bonchev–Trinajstić information content (AvgIpc) is 2.80. The lowest BCUT2D eigenvalue weighted by Gasteiger charge is -2.21. The lowest BCUT2D eigenvalue weighted by Crippen LogP contribution is -2.21. The first-order valence-electron chi connectivity index (χ1n) is 7.74. The summed E-state index contributed by atoms with van der Waals surface area (Å²) in [5, 5.41) is 13.6. The minimum absolute atomic E-state index is 0.0722. The summed E-state index contributed by atoms with van der Waals surface area (Å²) in [6.07, 6.45) is 2.73. The van der Waals surface area contributed by atoms with E-state index in [0.29, 0.717) is 24.0 Å². The van der Waals surface area contributed by atoms with Crippen molar-refractivity contribution in [2.24, 2.45) is 10.6 Å². The fourth-order valence-corrected chi connectivity index (χ4v) is 4.03. The van der Waals surface area contributed by atoms with E-state index in [4.69, 9.17) is 21.1 Å². The molecule has 1 fully saturated rings. The van der Waals surface area contributed by atoms with Gasteiger partial charge in [0, 0.05) is 35.9 Å². The van der Waals surface area contributed by atoms with Crippen LogP contribution in [0.15, 0.2) is 21.8 Å². The van der Waals surface area contributed by atoms with Gasteiger partial charge in [-0.15, -0.1) is 0 Å². The number of halogens is 2. The van der Waals surface area contributed by atoms with Crippen molar-refractivity contribution < 1.29 is 14.7 Å². The molecule has 0 aliphatic heterocycles. The summed E-state index contributed by atoms with van der Waals surface area (Å²) >= 11 is 9.86. The Bertz CT molecular complexity index is 589. The number of hydrogen-bond acceptors (Lipinski definition) is 4. The molecule has 0 radical (unpaired) electrons. The molecule has 0 heterocycles. The maximum atomic E-state index is 9.45. The summed E-state index contributed by atoms with van der Waals surface area (Å²) < 4.78 is 11.7. The summed E-state index contributed by atoms with van der Waals surface area (Å²) in [7, 11) is 1.67. The van der Waals surface area contributed by atoms with E-state index in [9.17, 15) is 5.21 Å². The second-order valence-corrected chi connectivity index (χ2v) is 7.72. The predicted molar refractivity (Wildman–Crippen MR) is 96.1 cm³/mol. The van der Waals surface area contributed by atoms with Crippen LogP contribution < -0.4 is 4.74 Å². The Morgan fingerprint density at radius 1 is 1.39 bits per heavy atom. The van der Waals surface area contributed by atoms with Crippen molar-refractivity contribution in [1.82, 2.24) is 0 Å². The minimum Gasteiger partial charge on any atom is -0.492 e. The van der Waals surface area contributed by atoms with Crippen molar-refractivity contribution in [3.8, 4) is 5.75 Å². The zero-order valence-electron chi connectivity index (χ0n) is 13.7. The van der Waals surface area contributed by atoms with Gasteiger partial charge in [-0.2, -0.15) is 0 Å². The van der Waals surface area contributed by atoms with Gasteiger partial charge in [-0.25, -0.2) is 0 Å². The Balaban J connectivity index is 2.25. The van der Waals surface area contributed by atoms with E-state index < -0.39 is 0 Å². The van der Waals surface area contributed by atoms with Crippen molar-refractivity contribution in [3.05, 3.63) is 27.2 Å². The fourth-order valence-electron chi connectivity index (χ4n) is 3.06. The molecule has 1 aliphatic rings. The van der Waals surface area contributed by atoms with Crippen LogP contribution in [0.1, 0.15) is 44.6 Å². The summed E-state index contributed by atoms with van der Waals surface area (Å²) in [6.45, 7) is 5.41. The molecule has 1 aliphatic carbocycles. The third-order valence-corrected chi connectivity index (χ3v) is 5.35. The highest BCUT2D eigenvalue weighted by Crippen LogP contribution is 2.47. The average molecular weight is 405 g/mol. The van der Waals surface area contributed by atoms with Gasteiger partial charge in [0.2, 0.25) is 0 Å². The summed E-state index contributed by atoms with van der Waals surface area (Å²) in [4.78, 5) is 0. The highest BCUT2D eigenvalue weighted by atomic mass is 79.9. The highest BCUT2D eigenvalue weighted by molar-refractivity contribution is 9.10. The molecule has 0 saturated heterocycles. The van der Waals surface area contributed by atoms with Gasteiger partial charge in [0.15, 0.2) is 0 Å². The lowest BCUT2D eigenvalue weighted by molar-refractivity contribution is 0.172. The molecule has 1 N–H and O–H groups in total. The first-order valence-corrected chi connectivity index (χ1v) is 8.91. The zero-order valence-corrected chi connectivity index (χ0v) is 16.1. The Kier molecular flexibility index (Phi) is 6.34. The molecule has 1 aromatic rings. The second-order valence-electron chi connectivity index (χ2n) is 6.46. The van der Waals surface area contributed by atoms with Crippen LogP contribution in [0.4, 0.5) is 0 Å². The Morgan fingerprint density at radius 3 is 2.78 bits per heavy atom. The first kappa shape index (κ1) is 18.6. The van der Waals surface area contributed by atoms with E-state index in [2.05, 4.69) is 34.9 Å². The maximum Gasteiger partial charge on any atom is 0.138 e. The van der Waals surface area contributed by atoms with Crippen LogP contribution >= 0.6 is 27.5 Å². The van der Waals surface area contributed by atoms with Crippen LogP contribution in [0.5, 0.6) is 5.75 Å². The Morgan fingerprint density at radius 2 is 2.13 bits per heavy atom. The van der Waals surface area contributed by atoms with Gasteiger partial charge in [0.1, 0.15) is 5.75 Å². The second kappa shape index (κ2) is 7.86. The quantitative estimate of drug-likeness (QED) is 0.400. The standard InChI is InChI=1S/C17H23BrClNO3/c1-17(2)6-5-11(16(17)20-21)12-9-15(14(19)10-13(12)18)23-8-4-7-22-3/h9-11,21H,4-8H2,1-3H3/t11-/m0/s1. The van der Waals surface area contributed by atoms with E-state index in [0.717, 1.165) is 35.0 Å². The third kappa shape index (κ3) is 4.20. The lowest BCUT2D eigenvalue weighted by atomic mass is 9.86. The number of hydrogen-bond donors (Lipinski definition) is 1. The van der Waals surface area contributed by atoms with E-state index in [1.807, 2.05) is 12.1 Å². The molecule has 0 aromatic heterocycles. The molecule has 6 heteroatoms. The largest absolute Gasteiger partial charge is 0.492 e. The molecule has 0 bridgehead atoms. The summed E-state index contributed by atoms with van der Waals surface area (Å²) in [6, 6.07) is 3.80. The molecule has 1 aromatic carbocycles. The number of oxime groups is 1. The van der Waals surface area contributed by atoms with Crippen molar-refractivity contribution in [2.45, 2.75) is 39.0 Å². The number of ether oxygens (including phenoxy) is 2. The van der Waals surface area contributed by atoms with E-state index in [1.165, 1.54) is 0 Å². The van der Waals surface area contributed by atoms with Crippen LogP contribution in [0.2, 0.25) is 5.02 Å². The Labute approximate surface area is 150 Å². The van der Waals surface area contributed by atoms with Crippen LogP contribution in [0, 0.1) is 5.41 Å². The van der Waals surface area contributed by atoms with E-state index >= 15 is 0 Å². The van der Waals surface area contributed by atoms with Crippen LogP contribution in [0.3, 0.4) is 0 Å². The molecule has 4 nitrogen and oxygen atoms in total. The monoisotopic (exact) mass is 403 g/mol. The number of methoxy groups -OCH3 is 1. The summed E-state index contributed by atoms with van der Waals surface area (Å²) in [5.41, 5.74) is 1.76. The normalized spacial score (nSPS) is 21.8. The molecule has 0 amide bonds. The van der Waals surface area contributed by atoms with E-state index in [-0.39, 0.29) is 11.3 Å². The summed E-state index contributed by atoms with van der Waals surface area (Å²) in [5.74, 6) is 0.728. The molecular weight excluding hydrogens is 382 g/mol. The van der Waals surface area contributed by atoms with Gasteiger partial charge in [-0.1, -0.05) is 46.5 Å². The topological polar surface area (TPSA) is 51.0 Å². The minimum atomic E-state index is -0.0992. The van der Waals surface area contributed by atoms with Crippen LogP contribution in [-0.4, -0.2) is 31.2 Å². The molecular formula is C17H23BrClNO3. The molecule has 1 atom stereocenters. The van der Waals surface area contributed by atoms with Crippen molar-refractivity contribution in [3.63, 3.8) is 0 Å². The number of rotatable bonds is 6. The van der Waals surface area contributed by atoms with Gasteiger partial charge < -0.3 is 14.7 Å². The molecule has 2 rings (SSSR count). The highest BCUT2D eigenvalue weighted by Gasteiger charge is 2.40. The van der Waals surface area contributed by atoms with Crippen molar-refractivity contribution >= 4 is 33.2 Å². The van der Waals surface area contributed by atoms with Crippen LogP contribution in [0.25, 0.3) is 0 Å². The fraction of sp³-hybridized carbons (Fsp3) is 0.588. The third-order valence-electron chi connectivity index (χ3n) is 4.37. The molecule has 23 heavy (non-hydrogen) atoms. The Hall–Kier alpha value is -0.780. The van der Waals surface area contributed by atoms with Crippen LogP contribution in [-0.2, 0) is 4.74 Å². The number of nitrogens with zero attached hydrogens (tertiary/aromatic N) is 1.